The third-order valence-electron chi connectivity index (χ3n) is 6.05. The monoisotopic (exact) mass is 411 g/mol. The molecular weight excluding hydrogens is 386 g/mol. The van der Waals surface area contributed by atoms with Gasteiger partial charge in [-0.1, -0.05) is 0 Å². The summed E-state index contributed by atoms with van der Waals surface area (Å²) in [6.45, 7) is 3.08. The predicted octanol–water partition coefficient (Wildman–Crippen LogP) is 0.451. The normalized spacial score (nSPS) is 35.6. The predicted molar refractivity (Wildman–Crippen MR) is 100 cm³/mol. The Bertz CT molecular complexity index is 726. The molecule has 0 bridgehead atoms. The largest absolute Gasteiger partial charge is 0.512 e. The molecule has 4 aliphatic heterocycles. The number of hydrogen-bond acceptors (Lipinski definition) is 7. The van der Waals surface area contributed by atoms with Crippen LogP contribution in [0, 0.1) is 11.8 Å². The number of fused-ring (bicyclic) bond motifs is 1. The molecule has 4 N–H and O–H groups in total. The Labute approximate surface area is 166 Å². The maximum atomic E-state index is 12.3. The number of aliphatic hydroxyl groups is 1. The van der Waals surface area contributed by atoms with Crippen molar-refractivity contribution in [1.82, 2.24) is 15.5 Å². The Morgan fingerprint density at radius 3 is 2.86 bits per heavy atom. The van der Waals surface area contributed by atoms with E-state index in [4.69, 9.17) is 9.84 Å². The molecule has 0 spiro atoms. The second-order valence-corrected chi connectivity index (χ2v) is 9.33. The van der Waals surface area contributed by atoms with Crippen LogP contribution < -0.4 is 10.6 Å². The maximum Gasteiger partial charge on any atom is 0.512 e. The number of thioether (sulfide) groups is 1. The lowest BCUT2D eigenvalue weighted by atomic mass is 9.84. The average Bonchev–Trinajstić information content (AvgIpc) is 3.28. The van der Waals surface area contributed by atoms with E-state index in [-0.39, 0.29) is 40.9 Å². The van der Waals surface area contributed by atoms with Crippen LogP contribution in [0.25, 0.3) is 0 Å². The molecule has 3 saturated heterocycles. The highest BCUT2D eigenvalue weighted by atomic mass is 32.2. The molecule has 154 valence electrons. The molecule has 0 aromatic heterocycles. The van der Waals surface area contributed by atoms with E-state index in [0.29, 0.717) is 6.42 Å². The molecule has 10 heteroatoms. The molecule has 28 heavy (non-hydrogen) atoms. The summed E-state index contributed by atoms with van der Waals surface area (Å²) in [5.74, 6) is -0.518. The summed E-state index contributed by atoms with van der Waals surface area (Å²) in [4.78, 5) is 37.3. The minimum atomic E-state index is -1.45. The molecule has 0 saturated carbocycles. The Kier molecular flexibility index (Phi) is 5.28. The molecule has 9 nitrogen and oxygen atoms in total. The Morgan fingerprint density at radius 2 is 2.21 bits per heavy atom. The molecule has 4 rings (SSSR count). The van der Waals surface area contributed by atoms with Gasteiger partial charge in [-0.25, -0.2) is 4.79 Å². The van der Waals surface area contributed by atoms with E-state index in [2.05, 4.69) is 10.6 Å². The summed E-state index contributed by atoms with van der Waals surface area (Å²) in [5.41, 5.74) is 0. The number of aliphatic hydroxyl groups excluding tert-OH is 1. The van der Waals surface area contributed by atoms with Gasteiger partial charge in [-0.05, 0) is 26.2 Å². The minimum Gasteiger partial charge on any atom is -0.449 e. The van der Waals surface area contributed by atoms with E-state index >= 15 is 0 Å². The van der Waals surface area contributed by atoms with Gasteiger partial charge < -0.3 is 25.6 Å². The number of carboxylic acid groups (broad SMARTS) is 1. The molecule has 1 unspecified atom stereocenters. The van der Waals surface area contributed by atoms with Crippen LogP contribution in [-0.2, 0) is 14.3 Å². The molecule has 0 radical (unpaired) electrons. The molecule has 0 aromatic carbocycles. The zero-order chi connectivity index (χ0) is 20.0. The third kappa shape index (κ3) is 3.48. The zero-order valence-corrected chi connectivity index (χ0v) is 16.4. The van der Waals surface area contributed by atoms with E-state index in [0.717, 1.165) is 37.3 Å². The first-order valence-electron chi connectivity index (χ1n) is 9.68. The van der Waals surface area contributed by atoms with Gasteiger partial charge in [0.25, 0.3) is 0 Å². The summed E-state index contributed by atoms with van der Waals surface area (Å²) in [6, 6.07) is 0.0118. The van der Waals surface area contributed by atoms with Crippen molar-refractivity contribution in [3.05, 3.63) is 10.8 Å². The van der Waals surface area contributed by atoms with Crippen molar-refractivity contribution in [2.75, 3.05) is 13.1 Å². The van der Waals surface area contributed by atoms with E-state index in [1.807, 2.05) is 0 Å². The topological polar surface area (TPSA) is 128 Å². The van der Waals surface area contributed by atoms with Crippen molar-refractivity contribution in [2.24, 2.45) is 11.8 Å². The van der Waals surface area contributed by atoms with Gasteiger partial charge in [0.15, 0.2) is 0 Å². The number of amides is 2. The SMILES string of the molecule is C[C@@H](O)[C@H]1C(=O)N2C(OC(=O)O)=C(S[C@@H]3CN[C@H](CC4CCNC4=O)C3)C[C@H]12. The van der Waals surface area contributed by atoms with E-state index < -0.39 is 18.2 Å². The van der Waals surface area contributed by atoms with Crippen molar-refractivity contribution < 1.29 is 29.3 Å². The number of hydrogen-bond donors (Lipinski definition) is 4. The lowest BCUT2D eigenvalue weighted by molar-refractivity contribution is -0.161. The summed E-state index contributed by atoms with van der Waals surface area (Å²) in [7, 11) is 0. The third-order valence-corrected chi connectivity index (χ3v) is 7.36. The molecule has 3 fully saturated rings. The van der Waals surface area contributed by atoms with Gasteiger partial charge in [0, 0.05) is 41.6 Å². The Balaban J connectivity index is 1.40. The van der Waals surface area contributed by atoms with Crippen molar-refractivity contribution in [3.8, 4) is 0 Å². The number of nitrogens with zero attached hydrogens (tertiary/aromatic N) is 1. The van der Waals surface area contributed by atoms with Crippen LogP contribution in [0.3, 0.4) is 0 Å². The fourth-order valence-electron chi connectivity index (χ4n) is 4.73. The van der Waals surface area contributed by atoms with Gasteiger partial charge in [-0.15, -0.1) is 11.8 Å². The van der Waals surface area contributed by atoms with Crippen LogP contribution in [0.4, 0.5) is 4.79 Å². The van der Waals surface area contributed by atoms with Crippen LogP contribution in [0.1, 0.15) is 32.6 Å². The van der Waals surface area contributed by atoms with Gasteiger partial charge >= 0.3 is 6.16 Å². The Morgan fingerprint density at radius 1 is 1.43 bits per heavy atom. The number of β-lactam (4-membered cyclic amide) rings is 1. The second-order valence-electron chi connectivity index (χ2n) is 7.94. The molecular formula is C18H25N3O6S. The van der Waals surface area contributed by atoms with Gasteiger partial charge in [-0.3, -0.25) is 14.5 Å². The summed E-state index contributed by atoms with van der Waals surface area (Å²) < 4.78 is 4.94. The molecule has 0 aliphatic carbocycles. The molecule has 0 aromatic rings. The van der Waals surface area contributed by atoms with Crippen LogP contribution in [-0.4, -0.2) is 69.6 Å². The first-order chi connectivity index (χ1) is 13.3. The van der Waals surface area contributed by atoms with Crippen LogP contribution in [0.15, 0.2) is 10.8 Å². The lowest BCUT2D eigenvalue weighted by Gasteiger charge is -2.44. The van der Waals surface area contributed by atoms with Crippen molar-refractivity contribution >= 4 is 29.7 Å². The number of carbonyl (C=O) groups is 3. The smallest absolute Gasteiger partial charge is 0.449 e. The maximum absolute atomic E-state index is 12.3. The van der Waals surface area contributed by atoms with Crippen LogP contribution in [0.5, 0.6) is 0 Å². The molecule has 4 aliphatic rings. The van der Waals surface area contributed by atoms with Crippen molar-refractivity contribution in [1.29, 1.82) is 0 Å². The van der Waals surface area contributed by atoms with Crippen LogP contribution in [0.2, 0.25) is 0 Å². The summed E-state index contributed by atoms with van der Waals surface area (Å²) in [5, 5.41) is 25.4. The van der Waals surface area contributed by atoms with Crippen molar-refractivity contribution in [3.63, 3.8) is 0 Å². The minimum absolute atomic E-state index is 0.0595. The van der Waals surface area contributed by atoms with Gasteiger partial charge in [0.05, 0.1) is 18.1 Å². The number of ether oxygens (including phenoxy) is 1. The quantitative estimate of drug-likeness (QED) is 0.366. The highest BCUT2D eigenvalue weighted by Gasteiger charge is 2.57. The Hall–Kier alpha value is -1.78. The zero-order valence-electron chi connectivity index (χ0n) is 15.6. The highest BCUT2D eigenvalue weighted by Crippen LogP contribution is 2.49. The molecule has 2 amide bonds. The molecule has 4 heterocycles. The lowest BCUT2D eigenvalue weighted by Crippen LogP contribution is -2.61. The van der Waals surface area contributed by atoms with E-state index in [1.54, 1.807) is 18.7 Å². The fourth-order valence-corrected chi connectivity index (χ4v) is 6.15. The number of carbonyl (C=O) groups excluding carboxylic acids is 2. The summed E-state index contributed by atoms with van der Waals surface area (Å²) >= 11 is 1.54. The summed E-state index contributed by atoms with van der Waals surface area (Å²) in [6.07, 6.45) is 0.821. The standard InChI is InChI=1S/C18H25N3O6S/c1-8(22)14-12-6-13(17(27-18(25)26)21(12)16(14)24)28-11-5-10(20-7-11)4-9-2-3-19-15(9)23/h8-12,14,20,22H,2-7H2,1H3,(H,19,23)(H,25,26)/t8-,9?,10-,11+,12-,14-/m1/s1. The van der Waals surface area contributed by atoms with E-state index in [9.17, 15) is 19.5 Å². The molecule has 6 atom stereocenters. The van der Waals surface area contributed by atoms with Crippen molar-refractivity contribution in [2.45, 2.75) is 56.0 Å². The van der Waals surface area contributed by atoms with Gasteiger partial charge in [0.1, 0.15) is 0 Å². The number of nitrogens with one attached hydrogen (secondary N) is 2. The fraction of sp³-hybridized carbons (Fsp3) is 0.722. The first-order valence-corrected chi connectivity index (χ1v) is 10.6. The van der Waals surface area contributed by atoms with Gasteiger partial charge in [0.2, 0.25) is 17.7 Å². The van der Waals surface area contributed by atoms with E-state index in [1.165, 1.54) is 4.90 Å². The van der Waals surface area contributed by atoms with Crippen LogP contribution >= 0.6 is 11.8 Å². The second kappa shape index (κ2) is 7.57. The highest BCUT2D eigenvalue weighted by molar-refractivity contribution is 8.03. The first kappa shape index (κ1) is 19.5. The average molecular weight is 411 g/mol. The van der Waals surface area contributed by atoms with Gasteiger partial charge in [-0.2, -0.15) is 0 Å². The number of rotatable bonds is 6.